The third-order valence-electron chi connectivity index (χ3n) is 3.94. The van der Waals surface area contributed by atoms with Crippen LogP contribution in [0.3, 0.4) is 0 Å². The van der Waals surface area contributed by atoms with Crippen LogP contribution in [0.2, 0.25) is 10.0 Å². The van der Waals surface area contributed by atoms with E-state index in [1.807, 2.05) is 0 Å². The van der Waals surface area contributed by atoms with Crippen LogP contribution in [0.25, 0.3) is 0 Å². The van der Waals surface area contributed by atoms with Crippen LogP contribution >= 0.6 is 23.2 Å². The molecule has 2 aromatic rings. The molecule has 0 aliphatic heterocycles. The van der Waals surface area contributed by atoms with Crippen LogP contribution in [-0.2, 0) is 23.9 Å². The first-order valence-corrected chi connectivity index (χ1v) is 9.93. The molecule has 31 heavy (non-hydrogen) atoms. The van der Waals surface area contributed by atoms with Crippen LogP contribution < -0.4 is 10.6 Å². The van der Waals surface area contributed by atoms with Crippen LogP contribution in [0.15, 0.2) is 42.5 Å². The number of ether oxygens (including phenoxy) is 2. The normalized spacial score (nSPS) is 10.2. The minimum atomic E-state index is -0.599. The molecule has 0 fully saturated rings. The third-order valence-corrected chi connectivity index (χ3v) is 4.68. The monoisotopic (exact) mass is 466 g/mol. The van der Waals surface area contributed by atoms with Crippen molar-refractivity contribution in [1.82, 2.24) is 0 Å². The lowest BCUT2D eigenvalue weighted by Gasteiger charge is -2.08. The first-order valence-electron chi connectivity index (χ1n) is 9.17. The summed E-state index contributed by atoms with van der Waals surface area (Å²) in [5.74, 6) is -1.91. The van der Waals surface area contributed by atoms with Crippen molar-refractivity contribution in [3.63, 3.8) is 0 Å². The van der Waals surface area contributed by atoms with Gasteiger partial charge in [0.1, 0.15) is 0 Å². The predicted molar refractivity (Wildman–Crippen MR) is 116 cm³/mol. The minimum absolute atomic E-state index is 0.0180. The highest BCUT2D eigenvalue weighted by atomic mass is 35.5. The molecule has 164 valence electrons. The van der Waals surface area contributed by atoms with E-state index in [2.05, 4.69) is 15.4 Å². The highest BCUT2D eigenvalue weighted by Crippen LogP contribution is 2.25. The standard InChI is InChI=1S/C21H20Cl2N2O6/c1-30-21(29)13-5-7-14(8-6-13)24-19(27)12-31-20(28)4-2-3-18(26)25-15-9-10-16(22)17(23)11-15/h5-11H,2-4,12H2,1H3,(H,24,27)(H,25,26). The van der Waals surface area contributed by atoms with Crippen molar-refractivity contribution in [2.45, 2.75) is 19.3 Å². The minimum Gasteiger partial charge on any atom is -0.465 e. The van der Waals surface area contributed by atoms with Crippen molar-refractivity contribution >= 4 is 58.3 Å². The number of anilines is 2. The highest BCUT2D eigenvalue weighted by molar-refractivity contribution is 6.42. The van der Waals surface area contributed by atoms with Gasteiger partial charge in [0.05, 0.1) is 22.7 Å². The number of carbonyl (C=O) groups is 4. The number of esters is 2. The van der Waals surface area contributed by atoms with E-state index in [9.17, 15) is 19.2 Å². The fourth-order valence-electron chi connectivity index (χ4n) is 2.41. The van der Waals surface area contributed by atoms with Crippen LogP contribution in [-0.4, -0.2) is 37.5 Å². The highest BCUT2D eigenvalue weighted by Gasteiger charge is 2.11. The maximum Gasteiger partial charge on any atom is 0.337 e. The smallest absolute Gasteiger partial charge is 0.337 e. The van der Waals surface area contributed by atoms with E-state index in [1.165, 1.54) is 37.4 Å². The van der Waals surface area contributed by atoms with E-state index < -0.39 is 24.5 Å². The van der Waals surface area contributed by atoms with Crippen LogP contribution in [0.5, 0.6) is 0 Å². The molecule has 0 bridgehead atoms. The first kappa shape index (κ1) is 24.2. The SMILES string of the molecule is COC(=O)c1ccc(NC(=O)COC(=O)CCCC(=O)Nc2ccc(Cl)c(Cl)c2)cc1. The maximum atomic E-state index is 11.9. The van der Waals surface area contributed by atoms with Crippen molar-refractivity contribution in [3.05, 3.63) is 58.1 Å². The quantitative estimate of drug-likeness (QED) is 0.538. The van der Waals surface area contributed by atoms with Gasteiger partial charge < -0.3 is 20.1 Å². The summed E-state index contributed by atoms with van der Waals surface area (Å²) < 4.78 is 9.48. The molecular weight excluding hydrogens is 447 g/mol. The van der Waals surface area contributed by atoms with Gasteiger partial charge in [-0.05, 0) is 48.9 Å². The Labute approximate surface area is 188 Å². The lowest BCUT2D eigenvalue weighted by atomic mass is 10.2. The number of rotatable bonds is 9. The second-order valence-corrected chi connectivity index (χ2v) is 7.12. The van der Waals surface area contributed by atoms with Crippen molar-refractivity contribution in [1.29, 1.82) is 0 Å². The van der Waals surface area contributed by atoms with Crippen molar-refractivity contribution in [3.8, 4) is 0 Å². The molecule has 0 atom stereocenters. The molecule has 0 aromatic heterocycles. The van der Waals surface area contributed by atoms with Gasteiger partial charge in [0.15, 0.2) is 6.61 Å². The van der Waals surface area contributed by atoms with Gasteiger partial charge in [-0.15, -0.1) is 0 Å². The van der Waals surface area contributed by atoms with Crippen molar-refractivity contribution < 1.29 is 28.7 Å². The topological polar surface area (TPSA) is 111 Å². The molecule has 0 aliphatic carbocycles. The maximum absolute atomic E-state index is 11.9. The second kappa shape index (κ2) is 11.9. The Kier molecular flexibility index (Phi) is 9.30. The Morgan fingerprint density at radius 1 is 0.839 bits per heavy atom. The van der Waals surface area contributed by atoms with E-state index >= 15 is 0 Å². The summed E-state index contributed by atoms with van der Waals surface area (Å²) in [4.78, 5) is 46.9. The van der Waals surface area contributed by atoms with Gasteiger partial charge in [-0.3, -0.25) is 14.4 Å². The number of methoxy groups -OCH3 is 1. The summed E-state index contributed by atoms with van der Waals surface area (Å²) in [6, 6.07) is 10.7. The molecule has 0 saturated carbocycles. The Bertz CT molecular complexity index is 963. The summed E-state index contributed by atoms with van der Waals surface area (Å²) in [5.41, 5.74) is 1.28. The number of benzene rings is 2. The molecule has 8 nitrogen and oxygen atoms in total. The van der Waals surface area contributed by atoms with Crippen LogP contribution in [0.1, 0.15) is 29.6 Å². The number of nitrogens with one attached hydrogen (secondary N) is 2. The Morgan fingerprint density at radius 2 is 1.48 bits per heavy atom. The van der Waals surface area contributed by atoms with Gasteiger partial charge in [0, 0.05) is 24.2 Å². The van der Waals surface area contributed by atoms with Gasteiger partial charge in [-0.25, -0.2) is 4.79 Å². The van der Waals surface area contributed by atoms with Crippen LogP contribution in [0, 0.1) is 0 Å². The summed E-state index contributed by atoms with van der Waals surface area (Å²) in [6.45, 7) is -0.465. The summed E-state index contributed by atoms with van der Waals surface area (Å²) in [6.07, 6.45) is 0.326. The molecule has 2 amide bonds. The third kappa shape index (κ3) is 8.27. The number of hydrogen-bond donors (Lipinski definition) is 2. The van der Waals surface area contributed by atoms with E-state index in [0.717, 1.165) is 0 Å². The number of halogens is 2. The van der Waals surface area contributed by atoms with Gasteiger partial charge in [-0.2, -0.15) is 0 Å². The fourth-order valence-corrected chi connectivity index (χ4v) is 2.71. The molecule has 0 heterocycles. The lowest BCUT2D eigenvalue weighted by Crippen LogP contribution is -2.21. The molecular formula is C21H20Cl2N2O6. The molecule has 2 rings (SSSR count). The van der Waals surface area contributed by atoms with Crippen molar-refractivity contribution in [2.75, 3.05) is 24.4 Å². The van der Waals surface area contributed by atoms with Gasteiger partial charge in [-0.1, -0.05) is 23.2 Å². The summed E-state index contributed by atoms with van der Waals surface area (Å²) in [7, 11) is 1.27. The number of hydrogen-bond acceptors (Lipinski definition) is 6. The zero-order valence-electron chi connectivity index (χ0n) is 16.6. The number of carbonyl (C=O) groups excluding carboxylic acids is 4. The Morgan fingerprint density at radius 3 is 2.13 bits per heavy atom. The van der Waals surface area contributed by atoms with E-state index in [4.69, 9.17) is 27.9 Å². The number of amides is 2. The first-order chi connectivity index (χ1) is 14.8. The predicted octanol–water partition coefficient (Wildman–Crippen LogP) is 4.07. The molecule has 2 aromatic carbocycles. The largest absolute Gasteiger partial charge is 0.465 e. The van der Waals surface area contributed by atoms with E-state index in [1.54, 1.807) is 12.1 Å². The van der Waals surface area contributed by atoms with Gasteiger partial charge in [0.2, 0.25) is 5.91 Å². The van der Waals surface area contributed by atoms with E-state index in [-0.39, 0.29) is 25.2 Å². The van der Waals surface area contributed by atoms with Crippen molar-refractivity contribution in [2.24, 2.45) is 0 Å². The van der Waals surface area contributed by atoms with Gasteiger partial charge in [0.25, 0.3) is 5.91 Å². The van der Waals surface area contributed by atoms with Crippen LogP contribution in [0.4, 0.5) is 11.4 Å². The molecule has 0 radical (unpaired) electrons. The molecule has 0 spiro atoms. The molecule has 0 saturated heterocycles. The molecule has 10 heteroatoms. The summed E-state index contributed by atoms with van der Waals surface area (Å²) in [5, 5.41) is 5.89. The lowest BCUT2D eigenvalue weighted by molar-refractivity contribution is -0.147. The molecule has 0 aliphatic rings. The Balaban J connectivity index is 1.65. The van der Waals surface area contributed by atoms with Gasteiger partial charge >= 0.3 is 11.9 Å². The second-order valence-electron chi connectivity index (χ2n) is 6.31. The van der Waals surface area contributed by atoms with E-state index in [0.29, 0.717) is 27.0 Å². The zero-order chi connectivity index (χ0) is 22.8. The molecule has 2 N–H and O–H groups in total. The zero-order valence-corrected chi connectivity index (χ0v) is 18.1. The average molecular weight is 467 g/mol. The summed E-state index contributed by atoms with van der Waals surface area (Å²) >= 11 is 11.7. The average Bonchev–Trinajstić information content (AvgIpc) is 2.75. The fraction of sp³-hybridized carbons (Fsp3) is 0.238. The Hall–Kier alpha value is -3.10. The molecule has 0 unspecified atom stereocenters.